The molecule has 5 rings (SSSR count). The Morgan fingerprint density at radius 2 is 2.00 bits per heavy atom. The van der Waals surface area contributed by atoms with E-state index in [1.807, 2.05) is 13.1 Å². The number of nitrogens with one attached hydrogen (secondary N) is 2. The average Bonchev–Trinajstić information content (AvgIpc) is 3.62. The number of carbonyl (C=O) groups is 1. The van der Waals surface area contributed by atoms with Crippen LogP contribution in [0.4, 0.5) is 17.3 Å². The Kier molecular flexibility index (Phi) is 5.81. The van der Waals surface area contributed by atoms with E-state index in [0.29, 0.717) is 11.9 Å². The van der Waals surface area contributed by atoms with E-state index >= 15 is 0 Å². The first-order valence-corrected chi connectivity index (χ1v) is 11.6. The first-order valence-electron chi connectivity index (χ1n) is 11.6. The zero-order valence-electron chi connectivity index (χ0n) is 19.5. The van der Waals surface area contributed by atoms with Gasteiger partial charge < -0.3 is 15.5 Å². The summed E-state index contributed by atoms with van der Waals surface area (Å²) >= 11 is 0. The van der Waals surface area contributed by atoms with Crippen LogP contribution in [0.2, 0.25) is 0 Å². The summed E-state index contributed by atoms with van der Waals surface area (Å²) in [5, 5.41) is 6.43. The van der Waals surface area contributed by atoms with Gasteiger partial charge in [-0.1, -0.05) is 12.1 Å². The van der Waals surface area contributed by atoms with Crippen molar-refractivity contribution in [2.45, 2.75) is 44.9 Å². The summed E-state index contributed by atoms with van der Waals surface area (Å²) in [7, 11) is 4.17. The minimum absolute atomic E-state index is 0.0299. The molecule has 2 aliphatic rings. The van der Waals surface area contributed by atoms with Gasteiger partial charge in [-0.05, 0) is 82.4 Å². The zero-order chi connectivity index (χ0) is 22.9. The number of fused-ring (bicyclic) bond motifs is 3. The summed E-state index contributed by atoms with van der Waals surface area (Å²) in [4.78, 5) is 28.6. The molecule has 0 bridgehead atoms. The fourth-order valence-electron chi connectivity index (χ4n) is 4.30. The molecule has 1 aromatic carbocycles. The van der Waals surface area contributed by atoms with Gasteiger partial charge in [0.15, 0.2) is 0 Å². The molecule has 7 heteroatoms. The minimum Gasteiger partial charge on any atom is -0.325 e. The zero-order valence-corrected chi connectivity index (χ0v) is 19.5. The highest BCUT2D eigenvalue weighted by Crippen LogP contribution is 2.43. The Labute approximate surface area is 194 Å². The van der Waals surface area contributed by atoms with Crippen LogP contribution in [-0.4, -0.2) is 46.4 Å². The van der Waals surface area contributed by atoms with Crippen LogP contribution >= 0.6 is 0 Å². The third-order valence-electron chi connectivity index (χ3n) is 6.30. The van der Waals surface area contributed by atoms with E-state index in [1.54, 1.807) is 6.20 Å². The molecule has 2 N–H and O–H groups in total. The first-order chi connectivity index (χ1) is 16.0. The Hall–Kier alpha value is -3.32. The van der Waals surface area contributed by atoms with E-state index in [0.717, 1.165) is 53.3 Å². The highest BCUT2D eigenvalue weighted by atomic mass is 16.1. The summed E-state index contributed by atoms with van der Waals surface area (Å²) in [5.74, 6) is 1.10. The summed E-state index contributed by atoms with van der Waals surface area (Å²) in [6, 6.07) is 8.50. The van der Waals surface area contributed by atoms with Crippen LogP contribution in [0.1, 0.15) is 47.6 Å². The molecule has 1 amide bonds. The predicted octanol–water partition coefficient (Wildman–Crippen LogP) is 4.46. The highest BCUT2D eigenvalue weighted by molar-refractivity contribution is 6.00. The summed E-state index contributed by atoms with van der Waals surface area (Å²) < 4.78 is 0. The van der Waals surface area contributed by atoms with Crippen LogP contribution in [0.25, 0.3) is 11.3 Å². The van der Waals surface area contributed by atoms with Gasteiger partial charge in [-0.3, -0.25) is 9.78 Å². The molecule has 1 aliphatic heterocycles. The third kappa shape index (κ3) is 4.88. The number of nitrogens with zero attached hydrogens (tertiary/aromatic N) is 4. The van der Waals surface area contributed by atoms with Crippen molar-refractivity contribution in [1.29, 1.82) is 0 Å². The Balaban J connectivity index is 1.43. The van der Waals surface area contributed by atoms with Crippen molar-refractivity contribution in [1.82, 2.24) is 19.9 Å². The molecule has 7 nitrogen and oxygen atoms in total. The van der Waals surface area contributed by atoms with Crippen LogP contribution in [0.5, 0.6) is 0 Å². The molecule has 1 aliphatic carbocycles. The molecule has 1 fully saturated rings. The standard InChI is InChI=1S/C26H30N6O/c1-16-22(11-17(14-27-16)5-4-10-32(2)3)30-26-28-15-20-13-24(33)29-23-12-19(18-6-7-18)8-9-21(23)25(20)31-26/h8-9,11-12,14-15,18H,4-7,10,13H2,1-3H3,(H,29,33)(H,28,30,31). The van der Waals surface area contributed by atoms with Crippen molar-refractivity contribution >= 4 is 23.2 Å². The fraction of sp³-hybridized carbons (Fsp3) is 0.385. The molecular weight excluding hydrogens is 412 g/mol. The van der Waals surface area contributed by atoms with Crippen LogP contribution in [-0.2, 0) is 17.6 Å². The molecule has 0 unspecified atom stereocenters. The van der Waals surface area contributed by atoms with Gasteiger partial charge in [0.05, 0.1) is 29.2 Å². The SMILES string of the molecule is Cc1ncc(CCCN(C)C)cc1Nc1ncc2c(n1)-c1ccc(C3CC3)cc1NC(=O)C2. The summed E-state index contributed by atoms with van der Waals surface area (Å²) in [5.41, 5.74) is 7.71. The van der Waals surface area contributed by atoms with Gasteiger partial charge in [-0.25, -0.2) is 9.97 Å². The number of aryl methyl sites for hydroxylation is 2. The lowest BCUT2D eigenvalue weighted by atomic mass is 10.0. The second-order valence-electron chi connectivity index (χ2n) is 9.38. The highest BCUT2D eigenvalue weighted by Gasteiger charge is 2.27. The predicted molar refractivity (Wildman–Crippen MR) is 131 cm³/mol. The Bertz CT molecular complexity index is 1200. The van der Waals surface area contributed by atoms with Gasteiger partial charge in [-0.2, -0.15) is 0 Å². The first kappa shape index (κ1) is 21.5. The summed E-state index contributed by atoms with van der Waals surface area (Å²) in [6.45, 7) is 3.02. The molecule has 0 spiro atoms. The number of amides is 1. The van der Waals surface area contributed by atoms with Crippen LogP contribution in [0, 0.1) is 6.92 Å². The van der Waals surface area contributed by atoms with E-state index < -0.39 is 0 Å². The van der Waals surface area contributed by atoms with Gasteiger partial charge in [-0.15, -0.1) is 0 Å². The topological polar surface area (TPSA) is 83.0 Å². The van der Waals surface area contributed by atoms with E-state index in [4.69, 9.17) is 4.98 Å². The Morgan fingerprint density at radius 3 is 2.79 bits per heavy atom. The van der Waals surface area contributed by atoms with Gasteiger partial charge in [0.25, 0.3) is 0 Å². The van der Waals surface area contributed by atoms with Gasteiger partial charge >= 0.3 is 0 Å². The number of anilines is 3. The smallest absolute Gasteiger partial charge is 0.228 e. The second-order valence-corrected chi connectivity index (χ2v) is 9.38. The Morgan fingerprint density at radius 1 is 1.15 bits per heavy atom. The molecule has 0 atom stereocenters. The van der Waals surface area contributed by atoms with E-state index in [1.165, 1.54) is 24.0 Å². The molecule has 33 heavy (non-hydrogen) atoms. The molecule has 2 aromatic heterocycles. The number of rotatable bonds is 7. The lowest BCUT2D eigenvalue weighted by molar-refractivity contribution is -0.115. The van der Waals surface area contributed by atoms with Gasteiger partial charge in [0.1, 0.15) is 0 Å². The van der Waals surface area contributed by atoms with Crippen molar-refractivity contribution in [2.75, 3.05) is 31.3 Å². The number of carbonyl (C=O) groups excluding carboxylic acids is 1. The van der Waals surface area contributed by atoms with Crippen molar-refractivity contribution < 1.29 is 4.79 Å². The average molecular weight is 443 g/mol. The number of hydrogen-bond acceptors (Lipinski definition) is 6. The van der Waals surface area contributed by atoms with Crippen molar-refractivity contribution in [3.63, 3.8) is 0 Å². The van der Waals surface area contributed by atoms with E-state index in [9.17, 15) is 4.79 Å². The number of hydrogen-bond donors (Lipinski definition) is 2. The molecular formula is C26H30N6O. The molecule has 1 saturated carbocycles. The monoisotopic (exact) mass is 442 g/mol. The normalized spacial score (nSPS) is 15.0. The number of pyridine rings is 1. The maximum atomic E-state index is 12.5. The second kappa shape index (κ2) is 8.90. The van der Waals surface area contributed by atoms with Crippen LogP contribution in [0.15, 0.2) is 36.7 Å². The fourth-order valence-corrected chi connectivity index (χ4v) is 4.30. The van der Waals surface area contributed by atoms with E-state index in [2.05, 4.69) is 63.9 Å². The molecule has 3 aromatic rings. The summed E-state index contributed by atoms with van der Waals surface area (Å²) in [6.07, 6.45) is 8.47. The van der Waals surface area contributed by atoms with E-state index in [-0.39, 0.29) is 12.3 Å². The van der Waals surface area contributed by atoms with Gasteiger partial charge in [0.2, 0.25) is 11.9 Å². The van der Waals surface area contributed by atoms with Crippen LogP contribution < -0.4 is 10.6 Å². The minimum atomic E-state index is -0.0299. The van der Waals surface area contributed by atoms with Crippen molar-refractivity contribution in [2.24, 2.45) is 0 Å². The number of benzene rings is 1. The van der Waals surface area contributed by atoms with Gasteiger partial charge in [0, 0.05) is 23.5 Å². The van der Waals surface area contributed by atoms with Crippen molar-refractivity contribution in [3.05, 3.63) is 59.0 Å². The maximum Gasteiger partial charge on any atom is 0.228 e. The molecule has 3 heterocycles. The molecule has 170 valence electrons. The third-order valence-corrected chi connectivity index (χ3v) is 6.30. The lowest BCUT2D eigenvalue weighted by Gasteiger charge is -2.13. The van der Waals surface area contributed by atoms with Crippen molar-refractivity contribution in [3.8, 4) is 11.3 Å². The molecule has 0 radical (unpaired) electrons. The van der Waals surface area contributed by atoms with Crippen LogP contribution in [0.3, 0.4) is 0 Å². The number of aromatic nitrogens is 3. The largest absolute Gasteiger partial charge is 0.325 e. The maximum absolute atomic E-state index is 12.5. The lowest BCUT2D eigenvalue weighted by Crippen LogP contribution is -2.13. The molecule has 0 saturated heterocycles. The quantitative estimate of drug-likeness (QED) is 0.562.